The molecular formula is C13H11NO3. The van der Waals surface area contributed by atoms with E-state index in [1.165, 1.54) is 13.2 Å². The summed E-state index contributed by atoms with van der Waals surface area (Å²) in [5.41, 5.74) is 1.17. The van der Waals surface area contributed by atoms with E-state index in [0.717, 1.165) is 5.39 Å². The molecule has 0 spiro atoms. The largest absolute Gasteiger partial charge is 0.496 e. The highest BCUT2D eigenvalue weighted by Crippen LogP contribution is 2.31. The Hall–Kier alpha value is -2.10. The molecule has 2 heterocycles. The Morgan fingerprint density at radius 1 is 1.18 bits per heavy atom. The molecule has 0 atom stereocenters. The van der Waals surface area contributed by atoms with Gasteiger partial charge < -0.3 is 9.30 Å². The molecule has 0 fully saturated rings. The number of aryl methyl sites for hydroxylation is 1. The third-order valence-electron chi connectivity index (χ3n) is 3.17. The summed E-state index contributed by atoms with van der Waals surface area (Å²) in [5.74, 6) is 0.583. The third-order valence-corrected chi connectivity index (χ3v) is 3.17. The van der Waals surface area contributed by atoms with Gasteiger partial charge in [0.25, 0.3) is 5.56 Å². The number of nitrogens with zero attached hydrogens (tertiary/aromatic N) is 1. The van der Waals surface area contributed by atoms with Crippen LogP contribution in [0.1, 0.15) is 16.8 Å². The van der Waals surface area contributed by atoms with Crippen LogP contribution in [0.25, 0.3) is 10.9 Å². The maximum Gasteiger partial charge on any atom is 0.251 e. The van der Waals surface area contributed by atoms with Gasteiger partial charge >= 0.3 is 0 Å². The first kappa shape index (κ1) is 10.1. The van der Waals surface area contributed by atoms with Gasteiger partial charge in [-0.2, -0.15) is 0 Å². The fourth-order valence-corrected chi connectivity index (χ4v) is 2.38. The van der Waals surface area contributed by atoms with Gasteiger partial charge in [-0.3, -0.25) is 9.59 Å². The quantitative estimate of drug-likeness (QED) is 0.746. The van der Waals surface area contributed by atoms with Gasteiger partial charge in [-0.1, -0.05) is 0 Å². The number of aromatic nitrogens is 1. The predicted octanol–water partition coefficient (Wildman–Crippen LogP) is 1.60. The molecule has 1 aliphatic heterocycles. The number of carbonyl (C=O) groups excluding carboxylic acids is 1. The normalized spacial score (nSPS) is 14.1. The van der Waals surface area contributed by atoms with Crippen LogP contribution >= 0.6 is 0 Å². The van der Waals surface area contributed by atoms with Crippen LogP contribution in [0.4, 0.5) is 0 Å². The highest BCUT2D eigenvalue weighted by Gasteiger charge is 2.23. The number of Topliss-reactive ketones (excluding diaryl/α,β-unsaturated/α-hetero) is 1. The number of rotatable bonds is 1. The molecular weight excluding hydrogens is 218 g/mol. The summed E-state index contributed by atoms with van der Waals surface area (Å²) < 4.78 is 6.85. The summed E-state index contributed by atoms with van der Waals surface area (Å²) in [7, 11) is 1.53. The molecule has 0 N–H and O–H groups in total. The molecule has 1 aliphatic rings. The lowest BCUT2D eigenvalue weighted by Crippen LogP contribution is -2.26. The van der Waals surface area contributed by atoms with E-state index in [-0.39, 0.29) is 11.3 Å². The van der Waals surface area contributed by atoms with E-state index < -0.39 is 0 Å². The van der Waals surface area contributed by atoms with Crippen LogP contribution < -0.4 is 10.3 Å². The minimum Gasteiger partial charge on any atom is -0.496 e. The summed E-state index contributed by atoms with van der Waals surface area (Å²) in [6.45, 7) is 0.454. The molecule has 0 saturated heterocycles. The SMILES string of the molecule is COc1ccc2ccc(=O)n3c2c1C(=O)CC3. The van der Waals surface area contributed by atoms with Crippen molar-refractivity contribution >= 4 is 16.7 Å². The lowest BCUT2D eigenvalue weighted by molar-refractivity contribution is 0.0969. The van der Waals surface area contributed by atoms with Gasteiger partial charge in [0.15, 0.2) is 5.78 Å². The number of hydrogen-bond acceptors (Lipinski definition) is 3. The topological polar surface area (TPSA) is 48.3 Å². The molecule has 0 bridgehead atoms. The Morgan fingerprint density at radius 3 is 2.71 bits per heavy atom. The highest BCUT2D eigenvalue weighted by atomic mass is 16.5. The number of ketones is 1. The summed E-state index contributed by atoms with van der Waals surface area (Å²) in [4.78, 5) is 23.7. The molecule has 4 heteroatoms. The lowest BCUT2D eigenvalue weighted by atomic mass is 9.99. The van der Waals surface area contributed by atoms with Gasteiger partial charge in [-0.15, -0.1) is 0 Å². The molecule has 1 aromatic heterocycles. The fourth-order valence-electron chi connectivity index (χ4n) is 2.38. The van der Waals surface area contributed by atoms with Crippen LogP contribution in [0.5, 0.6) is 5.75 Å². The summed E-state index contributed by atoms with van der Waals surface area (Å²) in [6, 6.07) is 6.92. The molecule has 0 unspecified atom stereocenters. The Kier molecular flexibility index (Phi) is 2.04. The maximum absolute atomic E-state index is 12.0. The fraction of sp³-hybridized carbons (Fsp3) is 0.231. The van der Waals surface area contributed by atoms with E-state index in [4.69, 9.17) is 4.74 Å². The van der Waals surface area contributed by atoms with Crippen LogP contribution in [0.2, 0.25) is 0 Å². The summed E-state index contributed by atoms with van der Waals surface area (Å²) in [6.07, 6.45) is 0.354. The van der Waals surface area contributed by atoms with Crippen molar-refractivity contribution in [3.8, 4) is 5.75 Å². The van der Waals surface area contributed by atoms with Crippen molar-refractivity contribution in [2.75, 3.05) is 7.11 Å². The van der Waals surface area contributed by atoms with Crippen molar-refractivity contribution < 1.29 is 9.53 Å². The summed E-state index contributed by atoms with van der Waals surface area (Å²) >= 11 is 0. The maximum atomic E-state index is 12.0. The van der Waals surface area contributed by atoms with Gasteiger partial charge in [-0.05, 0) is 23.6 Å². The molecule has 0 amide bonds. The number of methoxy groups -OCH3 is 1. The number of benzene rings is 1. The van der Waals surface area contributed by atoms with Gasteiger partial charge in [0, 0.05) is 19.0 Å². The van der Waals surface area contributed by atoms with E-state index in [9.17, 15) is 9.59 Å². The lowest BCUT2D eigenvalue weighted by Gasteiger charge is -2.20. The molecule has 3 rings (SSSR count). The molecule has 86 valence electrons. The monoisotopic (exact) mass is 229 g/mol. The Labute approximate surface area is 97.4 Å². The first-order chi connectivity index (χ1) is 8.22. The third kappa shape index (κ3) is 1.30. The van der Waals surface area contributed by atoms with E-state index >= 15 is 0 Å². The number of ether oxygens (including phenoxy) is 1. The van der Waals surface area contributed by atoms with E-state index in [0.29, 0.717) is 29.8 Å². The van der Waals surface area contributed by atoms with Crippen molar-refractivity contribution in [3.05, 3.63) is 40.2 Å². The van der Waals surface area contributed by atoms with Crippen LogP contribution in [0, 0.1) is 0 Å². The molecule has 4 nitrogen and oxygen atoms in total. The molecule has 0 radical (unpaired) electrons. The van der Waals surface area contributed by atoms with E-state index in [2.05, 4.69) is 0 Å². The number of carbonyl (C=O) groups is 1. The zero-order chi connectivity index (χ0) is 12.0. The van der Waals surface area contributed by atoms with Crippen LogP contribution in [-0.2, 0) is 6.54 Å². The Bertz CT molecular complexity index is 685. The first-order valence-corrected chi connectivity index (χ1v) is 5.46. The second kappa shape index (κ2) is 3.45. The van der Waals surface area contributed by atoms with Crippen LogP contribution in [0.3, 0.4) is 0 Å². The van der Waals surface area contributed by atoms with E-state index in [1.54, 1.807) is 16.7 Å². The number of pyridine rings is 1. The molecule has 0 aliphatic carbocycles. The van der Waals surface area contributed by atoms with Crippen molar-refractivity contribution in [1.82, 2.24) is 4.57 Å². The molecule has 0 saturated carbocycles. The van der Waals surface area contributed by atoms with Crippen molar-refractivity contribution in [3.63, 3.8) is 0 Å². The molecule has 1 aromatic carbocycles. The minimum atomic E-state index is -0.0699. The average Bonchev–Trinajstić information content (AvgIpc) is 2.35. The average molecular weight is 229 g/mol. The van der Waals surface area contributed by atoms with Gasteiger partial charge in [-0.25, -0.2) is 0 Å². The summed E-state index contributed by atoms with van der Waals surface area (Å²) in [5, 5.41) is 0.897. The first-order valence-electron chi connectivity index (χ1n) is 5.46. The predicted molar refractivity (Wildman–Crippen MR) is 63.7 cm³/mol. The zero-order valence-corrected chi connectivity index (χ0v) is 9.40. The zero-order valence-electron chi connectivity index (χ0n) is 9.40. The Balaban J connectivity index is 2.55. The van der Waals surface area contributed by atoms with Crippen LogP contribution in [-0.4, -0.2) is 17.5 Å². The van der Waals surface area contributed by atoms with E-state index in [1.807, 2.05) is 6.07 Å². The second-order valence-corrected chi connectivity index (χ2v) is 4.08. The van der Waals surface area contributed by atoms with Gasteiger partial charge in [0.05, 0.1) is 18.2 Å². The molecule has 17 heavy (non-hydrogen) atoms. The van der Waals surface area contributed by atoms with Crippen molar-refractivity contribution in [1.29, 1.82) is 0 Å². The highest BCUT2D eigenvalue weighted by molar-refractivity contribution is 6.10. The standard InChI is InChI=1S/C13H11NO3/c1-17-10-4-2-8-3-5-11(16)14-7-6-9(15)12(10)13(8)14/h2-5H,6-7H2,1H3. The number of hydrogen-bond donors (Lipinski definition) is 0. The van der Waals surface area contributed by atoms with Crippen molar-refractivity contribution in [2.45, 2.75) is 13.0 Å². The van der Waals surface area contributed by atoms with Crippen molar-refractivity contribution in [2.24, 2.45) is 0 Å². The smallest absolute Gasteiger partial charge is 0.251 e. The minimum absolute atomic E-state index is 0.0399. The Morgan fingerprint density at radius 2 is 1.94 bits per heavy atom. The molecule has 2 aromatic rings. The van der Waals surface area contributed by atoms with Crippen LogP contribution in [0.15, 0.2) is 29.1 Å². The second-order valence-electron chi connectivity index (χ2n) is 4.08. The van der Waals surface area contributed by atoms with Gasteiger partial charge in [0.2, 0.25) is 0 Å². The van der Waals surface area contributed by atoms with Gasteiger partial charge in [0.1, 0.15) is 5.75 Å².